The van der Waals surface area contributed by atoms with Crippen molar-refractivity contribution in [3.8, 4) is 5.75 Å². The van der Waals surface area contributed by atoms with Crippen molar-refractivity contribution >= 4 is 34.8 Å². The molecule has 32 heavy (non-hydrogen) atoms. The number of nitrogens with zero attached hydrogens (tertiary/aromatic N) is 2. The van der Waals surface area contributed by atoms with E-state index in [0.29, 0.717) is 57.3 Å². The molecule has 0 radical (unpaired) electrons. The van der Waals surface area contributed by atoms with Gasteiger partial charge in [-0.25, -0.2) is 0 Å². The number of piperidine rings is 1. The van der Waals surface area contributed by atoms with E-state index in [1.165, 1.54) is 0 Å². The molecule has 4 rings (SSSR count). The summed E-state index contributed by atoms with van der Waals surface area (Å²) in [6.45, 7) is 4.02. The Labute approximate surface area is 198 Å². The Kier molecular flexibility index (Phi) is 7.71. The molecule has 2 aliphatic rings. The smallest absolute Gasteiger partial charge is 0.227 e. The van der Waals surface area contributed by atoms with Gasteiger partial charge in [0.25, 0.3) is 0 Å². The Hall–Kier alpha value is -2.09. The first kappa shape index (κ1) is 23.1. The Bertz CT molecular complexity index is 899. The molecule has 0 N–H and O–H groups in total. The van der Waals surface area contributed by atoms with E-state index in [0.717, 1.165) is 30.0 Å². The van der Waals surface area contributed by atoms with Crippen molar-refractivity contribution < 1.29 is 19.1 Å². The number of benzene rings is 1. The van der Waals surface area contributed by atoms with E-state index in [4.69, 9.17) is 21.1 Å². The van der Waals surface area contributed by atoms with Gasteiger partial charge in [0.2, 0.25) is 11.8 Å². The number of carbonyl (C=O) groups is 2. The van der Waals surface area contributed by atoms with Crippen molar-refractivity contribution in [2.75, 3.05) is 46.0 Å². The molecule has 0 bridgehead atoms. The predicted molar refractivity (Wildman–Crippen MR) is 125 cm³/mol. The number of carbonyl (C=O) groups excluding carboxylic acids is 2. The lowest BCUT2D eigenvalue weighted by Gasteiger charge is -2.43. The highest BCUT2D eigenvalue weighted by atomic mass is 35.5. The second-order valence-electron chi connectivity index (χ2n) is 8.59. The molecule has 0 saturated carbocycles. The molecule has 8 heteroatoms. The average Bonchev–Trinajstić information content (AvgIpc) is 3.32. The van der Waals surface area contributed by atoms with Gasteiger partial charge >= 0.3 is 0 Å². The van der Waals surface area contributed by atoms with Crippen LogP contribution in [0.25, 0.3) is 0 Å². The number of morpholine rings is 1. The van der Waals surface area contributed by atoms with Crippen LogP contribution in [0.15, 0.2) is 41.8 Å². The normalized spacial score (nSPS) is 21.4. The molecule has 0 aliphatic carbocycles. The van der Waals surface area contributed by atoms with Gasteiger partial charge in [-0.2, -0.15) is 0 Å². The molecule has 3 heterocycles. The minimum absolute atomic E-state index is 0.112. The Morgan fingerprint density at radius 3 is 2.56 bits per heavy atom. The fourth-order valence-corrected chi connectivity index (χ4v) is 5.24. The molecule has 6 nitrogen and oxygen atoms in total. The van der Waals surface area contributed by atoms with Gasteiger partial charge in [-0.05, 0) is 48.6 Å². The highest BCUT2D eigenvalue weighted by Crippen LogP contribution is 2.36. The molecule has 0 spiro atoms. The number of hydrogen-bond donors (Lipinski definition) is 0. The summed E-state index contributed by atoms with van der Waals surface area (Å²) < 4.78 is 11.5. The number of ether oxygens (including phenoxy) is 2. The van der Waals surface area contributed by atoms with E-state index in [1.807, 2.05) is 39.4 Å². The topological polar surface area (TPSA) is 59.1 Å². The summed E-state index contributed by atoms with van der Waals surface area (Å²) >= 11 is 7.59. The zero-order valence-electron chi connectivity index (χ0n) is 18.1. The van der Waals surface area contributed by atoms with Gasteiger partial charge in [-0.15, -0.1) is 11.3 Å². The van der Waals surface area contributed by atoms with Crippen LogP contribution >= 0.6 is 22.9 Å². The summed E-state index contributed by atoms with van der Waals surface area (Å²) in [6, 6.07) is 11.2. The van der Waals surface area contributed by atoms with Gasteiger partial charge < -0.3 is 19.3 Å². The average molecular weight is 477 g/mol. The predicted octanol–water partition coefficient (Wildman–Crippen LogP) is 3.88. The number of hydrogen-bond acceptors (Lipinski definition) is 5. The summed E-state index contributed by atoms with van der Waals surface area (Å²) in [6.07, 6.45) is 2.47. The SMILES string of the molecule is O=C(CC1(COc2ccc(Cl)cc2)CCCN(C(=O)Cc2cccs2)C1)N1CCOCC1. The van der Waals surface area contributed by atoms with Gasteiger partial charge in [0, 0.05) is 47.9 Å². The van der Waals surface area contributed by atoms with Crippen LogP contribution in [-0.4, -0.2) is 67.6 Å². The van der Waals surface area contributed by atoms with Crippen LogP contribution in [-0.2, 0) is 20.7 Å². The molecule has 1 aromatic carbocycles. The molecule has 2 amide bonds. The lowest BCUT2D eigenvalue weighted by atomic mass is 9.77. The second kappa shape index (κ2) is 10.7. The standard InChI is InChI=1S/C24H29ClN2O4S/c25-19-4-6-20(7-5-19)31-18-24(16-23(29)26-10-12-30-13-11-26)8-2-9-27(17-24)22(28)15-21-3-1-14-32-21/h1,3-7,14H,2,8-13,15-18H2. The highest BCUT2D eigenvalue weighted by Gasteiger charge is 2.41. The third-order valence-corrected chi connectivity index (χ3v) is 7.30. The summed E-state index contributed by atoms with van der Waals surface area (Å²) in [4.78, 5) is 31.0. The van der Waals surface area contributed by atoms with Crippen molar-refractivity contribution in [3.05, 3.63) is 51.7 Å². The lowest BCUT2D eigenvalue weighted by Crippen LogP contribution is -2.52. The molecule has 2 aliphatic heterocycles. The molecule has 1 aromatic heterocycles. The van der Waals surface area contributed by atoms with Gasteiger partial charge in [0.1, 0.15) is 5.75 Å². The van der Waals surface area contributed by atoms with E-state index < -0.39 is 5.41 Å². The van der Waals surface area contributed by atoms with Crippen molar-refractivity contribution in [2.24, 2.45) is 5.41 Å². The van der Waals surface area contributed by atoms with Gasteiger partial charge in [0.05, 0.1) is 26.2 Å². The fourth-order valence-electron chi connectivity index (χ4n) is 4.42. The first-order chi connectivity index (χ1) is 15.5. The molecule has 2 saturated heterocycles. The first-order valence-electron chi connectivity index (χ1n) is 11.1. The molecule has 2 aromatic rings. The summed E-state index contributed by atoms with van der Waals surface area (Å²) in [5.41, 5.74) is -0.418. The van der Waals surface area contributed by atoms with E-state index in [9.17, 15) is 9.59 Å². The number of amides is 2. The quantitative estimate of drug-likeness (QED) is 0.608. The molecule has 2 fully saturated rings. The van der Waals surface area contributed by atoms with Crippen molar-refractivity contribution in [1.29, 1.82) is 0 Å². The molecule has 172 valence electrons. The maximum atomic E-state index is 13.2. The minimum Gasteiger partial charge on any atom is -0.493 e. The second-order valence-corrected chi connectivity index (χ2v) is 10.1. The largest absolute Gasteiger partial charge is 0.493 e. The van der Waals surface area contributed by atoms with Crippen LogP contribution in [0.4, 0.5) is 0 Å². The summed E-state index contributed by atoms with van der Waals surface area (Å²) in [5, 5.41) is 2.64. The maximum Gasteiger partial charge on any atom is 0.227 e. The summed E-state index contributed by atoms with van der Waals surface area (Å²) in [7, 11) is 0. The molecular formula is C24H29ClN2O4S. The number of likely N-dealkylation sites (tertiary alicyclic amines) is 1. The molecule has 1 unspecified atom stereocenters. The zero-order valence-corrected chi connectivity index (χ0v) is 19.7. The minimum atomic E-state index is -0.418. The summed E-state index contributed by atoms with van der Waals surface area (Å²) in [5.74, 6) is 0.942. The van der Waals surface area contributed by atoms with E-state index in [2.05, 4.69) is 0 Å². The van der Waals surface area contributed by atoms with E-state index >= 15 is 0 Å². The van der Waals surface area contributed by atoms with Crippen molar-refractivity contribution in [2.45, 2.75) is 25.7 Å². The highest BCUT2D eigenvalue weighted by molar-refractivity contribution is 7.10. The Balaban J connectivity index is 1.48. The Morgan fingerprint density at radius 2 is 1.84 bits per heavy atom. The third kappa shape index (κ3) is 6.03. The van der Waals surface area contributed by atoms with Crippen LogP contribution in [0.1, 0.15) is 24.1 Å². The number of halogens is 1. The van der Waals surface area contributed by atoms with Crippen LogP contribution in [0, 0.1) is 5.41 Å². The number of rotatable bonds is 7. The van der Waals surface area contributed by atoms with Gasteiger partial charge in [0.15, 0.2) is 0 Å². The van der Waals surface area contributed by atoms with Crippen molar-refractivity contribution in [1.82, 2.24) is 9.80 Å². The first-order valence-corrected chi connectivity index (χ1v) is 12.3. The van der Waals surface area contributed by atoms with Crippen molar-refractivity contribution in [3.63, 3.8) is 0 Å². The van der Waals surface area contributed by atoms with Crippen LogP contribution in [0.2, 0.25) is 5.02 Å². The zero-order chi connectivity index (χ0) is 22.4. The monoisotopic (exact) mass is 476 g/mol. The third-order valence-electron chi connectivity index (χ3n) is 6.17. The maximum absolute atomic E-state index is 13.2. The van der Waals surface area contributed by atoms with Crippen LogP contribution in [0.3, 0.4) is 0 Å². The van der Waals surface area contributed by atoms with E-state index in [1.54, 1.807) is 23.5 Å². The van der Waals surface area contributed by atoms with Gasteiger partial charge in [-0.3, -0.25) is 9.59 Å². The molecular weight excluding hydrogens is 448 g/mol. The molecule has 1 atom stereocenters. The fraction of sp³-hybridized carbons (Fsp3) is 0.500. The van der Waals surface area contributed by atoms with Gasteiger partial charge in [-0.1, -0.05) is 17.7 Å². The lowest BCUT2D eigenvalue weighted by molar-refractivity contribution is -0.143. The Morgan fingerprint density at radius 1 is 1.06 bits per heavy atom. The number of thiophene rings is 1. The van der Waals surface area contributed by atoms with Crippen LogP contribution < -0.4 is 4.74 Å². The van der Waals surface area contributed by atoms with Crippen LogP contribution in [0.5, 0.6) is 5.75 Å². The van der Waals surface area contributed by atoms with E-state index in [-0.39, 0.29) is 11.8 Å².